The van der Waals surface area contributed by atoms with Crippen LogP contribution in [0.1, 0.15) is 48.0 Å². The fourth-order valence-electron chi connectivity index (χ4n) is 4.36. The number of hydrogen-bond acceptors (Lipinski definition) is 5. The molecule has 8 heteroatoms. The third-order valence-electron chi connectivity index (χ3n) is 6.34. The van der Waals surface area contributed by atoms with Crippen LogP contribution in [-0.4, -0.2) is 40.7 Å². The third-order valence-corrected chi connectivity index (χ3v) is 6.34. The third kappa shape index (κ3) is 3.54. The van der Waals surface area contributed by atoms with Crippen molar-refractivity contribution in [2.75, 3.05) is 18.4 Å². The van der Waals surface area contributed by atoms with Gasteiger partial charge < -0.3 is 14.8 Å². The lowest BCUT2D eigenvalue weighted by molar-refractivity contribution is -0.231. The van der Waals surface area contributed by atoms with E-state index >= 15 is 0 Å². The molecule has 158 valence electrons. The number of nitrogens with one attached hydrogen (secondary N) is 1. The van der Waals surface area contributed by atoms with Gasteiger partial charge in [-0.25, -0.2) is 8.78 Å². The van der Waals surface area contributed by atoms with Crippen LogP contribution < -0.4 is 10.1 Å². The van der Waals surface area contributed by atoms with E-state index in [4.69, 9.17) is 9.47 Å². The van der Waals surface area contributed by atoms with Crippen molar-refractivity contribution < 1.29 is 23.0 Å². The van der Waals surface area contributed by atoms with Crippen LogP contribution in [0.4, 0.5) is 14.5 Å². The molecule has 5 rings (SSSR count). The number of piperidine rings is 1. The van der Waals surface area contributed by atoms with Crippen LogP contribution in [0.5, 0.6) is 5.75 Å². The second kappa shape index (κ2) is 7.59. The van der Waals surface area contributed by atoms with Gasteiger partial charge in [0.1, 0.15) is 11.3 Å². The van der Waals surface area contributed by atoms with Crippen LogP contribution in [0, 0.1) is 11.6 Å². The molecule has 0 radical (unpaired) electrons. The molecule has 3 heterocycles. The molecule has 1 aromatic heterocycles. The molecule has 2 aromatic rings. The van der Waals surface area contributed by atoms with Crippen molar-refractivity contribution in [3.05, 3.63) is 53.4 Å². The van der Waals surface area contributed by atoms with Gasteiger partial charge in [-0.15, -0.1) is 0 Å². The Morgan fingerprint density at radius 2 is 1.90 bits per heavy atom. The van der Waals surface area contributed by atoms with Gasteiger partial charge in [0, 0.05) is 43.2 Å². The molecule has 2 aliphatic heterocycles. The zero-order valence-corrected chi connectivity index (χ0v) is 16.5. The fourth-order valence-corrected chi connectivity index (χ4v) is 4.36. The molecule has 0 unspecified atom stereocenters. The lowest BCUT2D eigenvalue weighted by atomic mass is 9.89. The topological polar surface area (TPSA) is 63.7 Å². The first-order valence-corrected chi connectivity index (χ1v) is 10.3. The number of benzene rings is 1. The Bertz CT molecular complexity index is 952. The van der Waals surface area contributed by atoms with Gasteiger partial charge in [-0.1, -0.05) is 6.42 Å². The molecule has 1 aliphatic carbocycles. The first-order valence-electron chi connectivity index (χ1n) is 10.3. The van der Waals surface area contributed by atoms with Crippen molar-refractivity contribution in [3.63, 3.8) is 0 Å². The highest BCUT2D eigenvalue weighted by atomic mass is 19.1. The number of halogens is 2. The predicted octanol–water partition coefficient (Wildman–Crippen LogP) is 3.87. The quantitative estimate of drug-likeness (QED) is 0.825. The Kier molecular flexibility index (Phi) is 4.91. The molecule has 1 amide bonds. The van der Waals surface area contributed by atoms with Gasteiger partial charge >= 0.3 is 0 Å². The van der Waals surface area contributed by atoms with Crippen molar-refractivity contribution in [2.45, 2.75) is 50.5 Å². The predicted molar refractivity (Wildman–Crippen MR) is 105 cm³/mol. The molecule has 6 nitrogen and oxygen atoms in total. The fraction of sp³-hybridized carbons (Fsp3) is 0.455. The van der Waals surface area contributed by atoms with E-state index in [1.54, 1.807) is 18.2 Å². The van der Waals surface area contributed by atoms with Crippen LogP contribution in [0.15, 0.2) is 30.6 Å². The van der Waals surface area contributed by atoms with Gasteiger partial charge in [0.25, 0.3) is 5.91 Å². The van der Waals surface area contributed by atoms with Gasteiger partial charge in [0.05, 0.1) is 19.0 Å². The molecule has 30 heavy (non-hydrogen) atoms. The molecule has 1 aromatic carbocycles. The summed E-state index contributed by atoms with van der Waals surface area (Å²) in [5.74, 6) is -2.76. The van der Waals surface area contributed by atoms with Crippen LogP contribution in [0.2, 0.25) is 0 Å². The number of likely N-dealkylation sites (tertiary alicyclic amines) is 1. The maximum absolute atomic E-state index is 13.8. The summed E-state index contributed by atoms with van der Waals surface area (Å²) in [6, 6.07) is 5.86. The molecule has 1 saturated carbocycles. The molecule has 0 bridgehead atoms. The summed E-state index contributed by atoms with van der Waals surface area (Å²) in [4.78, 5) is 18.2. The number of carbonyl (C=O) groups is 1. The van der Waals surface area contributed by atoms with E-state index in [9.17, 15) is 13.6 Å². The molecular weight excluding hydrogens is 392 g/mol. The number of amides is 1. The largest absolute Gasteiger partial charge is 0.462 e. The SMILES string of the molecule is O=C(Nc1ccc2c(c1)COC1(CCN(C3CCC3)CC1)O2)c1c(F)cncc1F. The highest BCUT2D eigenvalue weighted by Gasteiger charge is 2.42. The Hall–Kier alpha value is -2.58. The van der Waals surface area contributed by atoms with Crippen LogP contribution >= 0.6 is 0 Å². The standard InChI is InChI=1S/C22H23F2N3O3/c23-17-11-25-12-18(24)20(17)21(28)26-15-4-5-19-14(10-15)13-29-22(30-19)6-8-27(9-7-22)16-2-1-3-16/h4-5,10-12,16H,1-3,6-9,13H2,(H,26,28). The Morgan fingerprint density at radius 1 is 1.17 bits per heavy atom. The average molecular weight is 415 g/mol. The van der Waals surface area contributed by atoms with E-state index in [2.05, 4.69) is 15.2 Å². The summed E-state index contributed by atoms with van der Waals surface area (Å²) in [5.41, 5.74) is 0.542. The highest BCUT2D eigenvalue weighted by molar-refractivity contribution is 6.04. The molecule has 1 saturated heterocycles. The summed E-state index contributed by atoms with van der Waals surface area (Å²) in [6.45, 7) is 2.30. The average Bonchev–Trinajstić information content (AvgIpc) is 2.69. The van der Waals surface area contributed by atoms with Gasteiger partial charge in [-0.05, 0) is 31.0 Å². The molecule has 3 aliphatic rings. The van der Waals surface area contributed by atoms with Gasteiger partial charge in [0.15, 0.2) is 11.6 Å². The van der Waals surface area contributed by atoms with Gasteiger partial charge in [0.2, 0.25) is 5.79 Å². The Morgan fingerprint density at radius 3 is 2.57 bits per heavy atom. The van der Waals surface area contributed by atoms with E-state index in [1.807, 2.05) is 0 Å². The number of nitrogens with zero attached hydrogens (tertiary/aromatic N) is 2. The number of carbonyl (C=O) groups excluding carboxylic acids is 1. The van der Waals surface area contributed by atoms with Crippen LogP contribution in [-0.2, 0) is 11.3 Å². The second-order valence-corrected chi connectivity index (χ2v) is 8.18. The van der Waals surface area contributed by atoms with Crippen molar-refractivity contribution in [3.8, 4) is 5.75 Å². The number of rotatable bonds is 3. The van der Waals surface area contributed by atoms with Crippen molar-refractivity contribution >= 4 is 11.6 Å². The van der Waals surface area contributed by atoms with Gasteiger partial charge in [-0.3, -0.25) is 14.7 Å². The van der Waals surface area contributed by atoms with E-state index in [1.165, 1.54) is 19.3 Å². The van der Waals surface area contributed by atoms with Crippen molar-refractivity contribution in [1.29, 1.82) is 0 Å². The summed E-state index contributed by atoms with van der Waals surface area (Å²) in [6.07, 6.45) is 7.17. The normalized spacial score (nSPS) is 20.9. The first-order chi connectivity index (χ1) is 14.5. The zero-order valence-electron chi connectivity index (χ0n) is 16.5. The summed E-state index contributed by atoms with van der Waals surface area (Å²) in [5, 5.41) is 2.53. The number of anilines is 1. The first kappa shape index (κ1) is 19.4. The van der Waals surface area contributed by atoms with Crippen molar-refractivity contribution in [1.82, 2.24) is 9.88 Å². The Labute approximate surface area is 173 Å². The maximum atomic E-state index is 13.8. The number of aromatic nitrogens is 1. The lowest BCUT2D eigenvalue weighted by Gasteiger charge is -2.47. The van der Waals surface area contributed by atoms with Crippen LogP contribution in [0.3, 0.4) is 0 Å². The minimum absolute atomic E-state index is 0.362. The zero-order chi connectivity index (χ0) is 20.7. The minimum atomic E-state index is -1.01. The maximum Gasteiger partial charge on any atom is 0.261 e. The molecule has 1 N–H and O–H groups in total. The lowest BCUT2D eigenvalue weighted by Crippen LogP contribution is -2.54. The van der Waals surface area contributed by atoms with E-state index < -0.39 is 28.9 Å². The number of pyridine rings is 1. The van der Waals surface area contributed by atoms with Gasteiger partial charge in [-0.2, -0.15) is 0 Å². The molecule has 1 spiro atoms. The summed E-state index contributed by atoms with van der Waals surface area (Å²) in [7, 11) is 0. The van der Waals surface area contributed by atoms with E-state index in [0.717, 1.165) is 55.7 Å². The number of fused-ring (bicyclic) bond motifs is 1. The molecular formula is C22H23F2N3O3. The van der Waals surface area contributed by atoms with E-state index in [-0.39, 0.29) is 0 Å². The summed E-state index contributed by atoms with van der Waals surface area (Å²) < 4.78 is 39.9. The van der Waals surface area contributed by atoms with Crippen LogP contribution in [0.25, 0.3) is 0 Å². The van der Waals surface area contributed by atoms with Crippen molar-refractivity contribution in [2.24, 2.45) is 0 Å². The summed E-state index contributed by atoms with van der Waals surface area (Å²) >= 11 is 0. The second-order valence-electron chi connectivity index (χ2n) is 8.18. The molecule has 0 atom stereocenters. The minimum Gasteiger partial charge on any atom is -0.462 e. The number of hydrogen-bond donors (Lipinski definition) is 1. The van der Waals surface area contributed by atoms with E-state index in [0.29, 0.717) is 12.3 Å². The Balaban J connectivity index is 1.26. The highest BCUT2D eigenvalue weighted by Crippen LogP contribution is 2.40. The smallest absolute Gasteiger partial charge is 0.261 e. The molecule has 2 fully saturated rings. The monoisotopic (exact) mass is 415 g/mol. The number of ether oxygens (including phenoxy) is 2.